The van der Waals surface area contributed by atoms with Crippen LogP contribution >= 0.6 is 11.6 Å². The van der Waals surface area contributed by atoms with E-state index in [-0.39, 0.29) is 5.91 Å². The minimum atomic E-state index is -0.0352. The number of amides is 1. The van der Waals surface area contributed by atoms with Crippen LogP contribution in [-0.4, -0.2) is 28.6 Å². The van der Waals surface area contributed by atoms with E-state index >= 15 is 0 Å². The molecule has 0 aliphatic heterocycles. The number of nitrogens with one attached hydrogen (secondary N) is 1. The van der Waals surface area contributed by atoms with E-state index in [0.29, 0.717) is 18.7 Å². The van der Waals surface area contributed by atoms with E-state index in [9.17, 15) is 4.79 Å². The first kappa shape index (κ1) is 24.8. The number of imidazole rings is 1. The summed E-state index contributed by atoms with van der Waals surface area (Å²) in [5, 5.41) is 3.82. The van der Waals surface area contributed by atoms with Crippen LogP contribution in [0.1, 0.15) is 45.7 Å². The molecule has 1 heterocycles. The molecule has 182 valence electrons. The van der Waals surface area contributed by atoms with Gasteiger partial charge in [-0.2, -0.15) is 0 Å². The molecular formula is C29H32ClN3O2. The second-order valence-corrected chi connectivity index (χ2v) is 9.35. The summed E-state index contributed by atoms with van der Waals surface area (Å²) in [5.74, 6) is 1.85. The number of nitrogens with zero attached hydrogens (tertiary/aromatic N) is 2. The molecule has 6 heteroatoms. The highest BCUT2D eigenvalue weighted by molar-refractivity contribution is 6.32. The zero-order valence-electron chi connectivity index (χ0n) is 20.6. The van der Waals surface area contributed by atoms with Crippen LogP contribution in [0.5, 0.6) is 5.75 Å². The number of carbonyl (C=O) groups excluding carboxylic acids is 1. The topological polar surface area (TPSA) is 56.2 Å². The standard InChI is InChI=1S/C29H32ClN3O2/c1-20-9-6-10-23(17-20)29(34)31-14-7-13-27-32-25-11-4-5-12-26(25)33(27)15-8-16-35-24-18-21(2)28(30)22(3)19-24/h4-6,9-12,17-19H,7-8,13-16H2,1-3H3,(H,31,34). The van der Waals surface area contributed by atoms with Crippen molar-refractivity contribution in [2.24, 2.45) is 0 Å². The van der Waals surface area contributed by atoms with E-state index in [1.54, 1.807) is 0 Å². The van der Waals surface area contributed by atoms with Crippen molar-refractivity contribution in [3.05, 3.63) is 93.8 Å². The molecule has 0 aliphatic rings. The van der Waals surface area contributed by atoms with E-state index in [0.717, 1.165) is 70.1 Å². The Hall–Kier alpha value is -3.31. The van der Waals surface area contributed by atoms with Crippen molar-refractivity contribution >= 4 is 28.5 Å². The molecule has 4 rings (SSSR count). The summed E-state index contributed by atoms with van der Waals surface area (Å²) in [6.45, 7) is 8.01. The fourth-order valence-corrected chi connectivity index (χ4v) is 4.41. The summed E-state index contributed by atoms with van der Waals surface area (Å²) >= 11 is 6.27. The number of benzene rings is 3. The van der Waals surface area contributed by atoms with Crippen LogP contribution in [0.25, 0.3) is 11.0 Å². The van der Waals surface area contributed by atoms with E-state index in [2.05, 4.69) is 16.0 Å². The lowest BCUT2D eigenvalue weighted by Crippen LogP contribution is -2.25. The second kappa shape index (κ2) is 11.4. The number of carbonyl (C=O) groups is 1. The van der Waals surface area contributed by atoms with Crippen LogP contribution in [0.2, 0.25) is 5.02 Å². The third-order valence-electron chi connectivity index (χ3n) is 6.08. The summed E-state index contributed by atoms with van der Waals surface area (Å²) < 4.78 is 8.29. The Labute approximate surface area is 212 Å². The van der Waals surface area contributed by atoms with Crippen molar-refractivity contribution in [1.29, 1.82) is 0 Å². The van der Waals surface area contributed by atoms with Crippen molar-refractivity contribution < 1.29 is 9.53 Å². The van der Waals surface area contributed by atoms with Crippen LogP contribution < -0.4 is 10.1 Å². The molecule has 1 amide bonds. The van der Waals surface area contributed by atoms with Crippen molar-refractivity contribution in [3.63, 3.8) is 0 Å². The normalized spacial score (nSPS) is 11.1. The fraction of sp³-hybridized carbons (Fsp3) is 0.310. The quantitative estimate of drug-likeness (QED) is 0.260. The molecule has 0 aliphatic carbocycles. The molecule has 1 N–H and O–H groups in total. The molecule has 35 heavy (non-hydrogen) atoms. The molecule has 3 aromatic carbocycles. The lowest BCUT2D eigenvalue weighted by molar-refractivity contribution is 0.0953. The monoisotopic (exact) mass is 489 g/mol. The van der Waals surface area contributed by atoms with Crippen molar-refractivity contribution in [2.45, 2.75) is 46.6 Å². The lowest BCUT2D eigenvalue weighted by Gasteiger charge is -2.12. The molecule has 0 saturated carbocycles. The van der Waals surface area contributed by atoms with Gasteiger partial charge in [-0.15, -0.1) is 0 Å². The van der Waals surface area contributed by atoms with Crippen molar-refractivity contribution in [2.75, 3.05) is 13.2 Å². The lowest BCUT2D eigenvalue weighted by atomic mass is 10.1. The van der Waals surface area contributed by atoms with Gasteiger partial charge in [-0.3, -0.25) is 4.79 Å². The number of aryl methyl sites for hydroxylation is 5. The molecule has 0 bridgehead atoms. The van der Waals surface area contributed by atoms with Crippen LogP contribution in [0.15, 0.2) is 60.7 Å². The Morgan fingerprint density at radius 2 is 1.77 bits per heavy atom. The van der Waals surface area contributed by atoms with Crippen LogP contribution in [0.4, 0.5) is 0 Å². The molecule has 0 radical (unpaired) electrons. The predicted molar refractivity (Wildman–Crippen MR) is 143 cm³/mol. The molecule has 0 saturated heterocycles. The number of ether oxygens (including phenoxy) is 1. The van der Waals surface area contributed by atoms with E-state index in [4.69, 9.17) is 21.3 Å². The zero-order chi connectivity index (χ0) is 24.8. The Morgan fingerprint density at radius 1 is 1.00 bits per heavy atom. The van der Waals surface area contributed by atoms with E-state index in [1.807, 2.05) is 75.4 Å². The van der Waals surface area contributed by atoms with Crippen molar-refractivity contribution in [1.82, 2.24) is 14.9 Å². The Balaban J connectivity index is 1.34. The van der Waals surface area contributed by atoms with Gasteiger partial charge in [0, 0.05) is 30.1 Å². The maximum Gasteiger partial charge on any atom is 0.251 e. The Bertz CT molecular complexity index is 1310. The van der Waals surface area contributed by atoms with Gasteiger partial charge in [0.1, 0.15) is 11.6 Å². The number of aromatic nitrogens is 2. The Kier molecular flexibility index (Phi) is 8.09. The molecule has 0 fully saturated rings. The predicted octanol–water partition coefficient (Wildman–Crippen LogP) is 6.45. The summed E-state index contributed by atoms with van der Waals surface area (Å²) in [6, 6.07) is 19.8. The highest BCUT2D eigenvalue weighted by Gasteiger charge is 2.11. The average Bonchev–Trinajstić information content (AvgIpc) is 3.20. The van der Waals surface area contributed by atoms with Gasteiger partial charge in [-0.25, -0.2) is 4.98 Å². The maximum atomic E-state index is 12.4. The van der Waals surface area contributed by atoms with Crippen LogP contribution in [0.3, 0.4) is 0 Å². The van der Waals surface area contributed by atoms with Gasteiger partial charge >= 0.3 is 0 Å². The smallest absolute Gasteiger partial charge is 0.251 e. The number of halogens is 1. The van der Waals surface area contributed by atoms with Gasteiger partial charge in [0.15, 0.2) is 0 Å². The highest BCUT2D eigenvalue weighted by Crippen LogP contribution is 2.26. The van der Waals surface area contributed by atoms with Crippen molar-refractivity contribution in [3.8, 4) is 5.75 Å². The highest BCUT2D eigenvalue weighted by atomic mass is 35.5. The minimum Gasteiger partial charge on any atom is -0.494 e. The molecule has 1 aromatic heterocycles. The molecule has 5 nitrogen and oxygen atoms in total. The van der Waals surface area contributed by atoms with Crippen LogP contribution in [-0.2, 0) is 13.0 Å². The third-order valence-corrected chi connectivity index (χ3v) is 6.68. The number of hydrogen-bond acceptors (Lipinski definition) is 3. The molecule has 0 atom stereocenters. The first-order chi connectivity index (χ1) is 16.9. The van der Waals surface area contributed by atoms with Gasteiger partial charge in [0.2, 0.25) is 0 Å². The summed E-state index contributed by atoms with van der Waals surface area (Å²) in [4.78, 5) is 17.3. The molecule has 4 aromatic rings. The largest absolute Gasteiger partial charge is 0.494 e. The molecule has 0 spiro atoms. The average molecular weight is 490 g/mol. The van der Waals surface area contributed by atoms with Crippen LogP contribution in [0, 0.1) is 20.8 Å². The summed E-state index contributed by atoms with van der Waals surface area (Å²) in [5.41, 5.74) is 5.96. The minimum absolute atomic E-state index is 0.0352. The Morgan fingerprint density at radius 3 is 2.54 bits per heavy atom. The summed E-state index contributed by atoms with van der Waals surface area (Å²) in [7, 11) is 0. The first-order valence-corrected chi connectivity index (χ1v) is 12.5. The third kappa shape index (κ3) is 6.23. The number of rotatable bonds is 10. The number of para-hydroxylation sites is 2. The van der Waals surface area contributed by atoms with Gasteiger partial charge in [-0.05, 0) is 81.1 Å². The van der Waals surface area contributed by atoms with Gasteiger partial charge < -0.3 is 14.6 Å². The first-order valence-electron chi connectivity index (χ1n) is 12.1. The van der Waals surface area contributed by atoms with Gasteiger partial charge in [0.25, 0.3) is 5.91 Å². The molecule has 0 unspecified atom stereocenters. The number of hydrogen-bond donors (Lipinski definition) is 1. The number of fused-ring (bicyclic) bond motifs is 1. The zero-order valence-corrected chi connectivity index (χ0v) is 21.4. The fourth-order valence-electron chi connectivity index (χ4n) is 4.30. The van der Waals surface area contributed by atoms with Gasteiger partial charge in [0.05, 0.1) is 17.6 Å². The summed E-state index contributed by atoms with van der Waals surface area (Å²) in [6.07, 6.45) is 2.47. The van der Waals surface area contributed by atoms with E-state index < -0.39 is 0 Å². The maximum absolute atomic E-state index is 12.4. The second-order valence-electron chi connectivity index (χ2n) is 8.97. The van der Waals surface area contributed by atoms with Gasteiger partial charge in [-0.1, -0.05) is 41.4 Å². The molecular weight excluding hydrogens is 458 g/mol. The van der Waals surface area contributed by atoms with E-state index in [1.165, 1.54) is 0 Å². The SMILES string of the molecule is Cc1cccc(C(=O)NCCCc2nc3ccccc3n2CCCOc2cc(C)c(Cl)c(C)c2)c1.